The van der Waals surface area contributed by atoms with Gasteiger partial charge in [-0.15, -0.1) is 0 Å². The number of amides is 1. The number of ether oxygens (including phenoxy) is 2. The second kappa shape index (κ2) is 9.92. The van der Waals surface area contributed by atoms with Crippen molar-refractivity contribution >= 4 is 39.3 Å². The van der Waals surface area contributed by atoms with E-state index in [-0.39, 0.29) is 12.4 Å². The highest BCUT2D eigenvalue weighted by atomic mass is 79.9. The van der Waals surface area contributed by atoms with Crippen LogP contribution in [0.3, 0.4) is 0 Å². The van der Waals surface area contributed by atoms with Gasteiger partial charge in [0, 0.05) is 21.3 Å². The van der Waals surface area contributed by atoms with Gasteiger partial charge in [-0.1, -0.05) is 22.9 Å². The first-order chi connectivity index (χ1) is 13.8. The molecule has 0 aliphatic rings. The topological polar surface area (TPSA) is 141 Å². The van der Waals surface area contributed by atoms with Gasteiger partial charge in [0.2, 0.25) is 0 Å². The lowest BCUT2D eigenvalue weighted by molar-refractivity contribution is -0.141. The van der Waals surface area contributed by atoms with Crippen molar-refractivity contribution in [2.45, 2.75) is 19.4 Å². The summed E-state index contributed by atoms with van der Waals surface area (Å²) in [5, 5.41) is 10.6. The van der Waals surface area contributed by atoms with Crippen LogP contribution in [-0.4, -0.2) is 31.4 Å². The number of methoxy groups -OCH3 is 1. The Morgan fingerprint density at radius 1 is 1.21 bits per heavy atom. The monoisotopic (exact) mass is 462 g/mol. The smallest absolute Gasteiger partial charge is 0.333 e. The van der Waals surface area contributed by atoms with Gasteiger partial charge >= 0.3 is 5.97 Å². The van der Waals surface area contributed by atoms with Gasteiger partial charge in [0.15, 0.2) is 12.6 Å². The predicted octanol–water partition coefficient (Wildman–Crippen LogP) is 2.49. The SMILES string of the molecule is CCc1cc(Br)cc(C(Nc2ccc(C(=N)N)cc2)C(=O)OC)c1OCC(N)=O. The summed E-state index contributed by atoms with van der Waals surface area (Å²) in [4.78, 5) is 23.8. The molecule has 1 amide bonds. The van der Waals surface area contributed by atoms with Crippen LogP contribution in [0.2, 0.25) is 0 Å². The minimum absolute atomic E-state index is 0.0530. The zero-order chi connectivity index (χ0) is 21.6. The largest absolute Gasteiger partial charge is 0.483 e. The lowest BCUT2D eigenvalue weighted by Crippen LogP contribution is -2.25. The lowest BCUT2D eigenvalue weighted by Gasteiger charge is -2.23. The van der Waals surface area contributed by atoms with Crippen LogP contribution in [0.25, 0.3) is 0 Å². The summed E-state index contributed by atoms with van der Waals surface area (Å²) in [6.45, 7) is 1.62. The van der Waals surface area contributed by atoms with E-state index in [9.17, 15) is 9.59 Å². The Morgan fingerprint density at radius 2 is 1.86 bits per heavy atom. The summed E-state index contributed by atoms with van der Waals surface area (Å²) in [5.74, 6) is -0.811. The molecule has 2 aromatic carbocycles. The van der Waals surface area contributed by atoms with Gasteiger partial charge in [-0.3, -0.25) is 10.2 Å². The summed E-state index contributed by atoms with van der Waals surface area (Å²) < 4.78 is 11.4. The molecule has 0 saturated heterocycles. The van der Waals surface area contributed by atoms with Crippen molar-refractivity contribution in [3.63, 3.8) is 0 Å². The molecule has 0 aliphatic heterocycles. The fourth-order valence-corrected chi connectivity index (χ4v) is 3.29. The van der Waals surface area contributed by atoms with E-state index < -0.39 is 17.9 Å². The maximum absolute atomic E-state index is 12.6. The summed E-state index contributed by atoms with van der Waals surface area (Å²) in [7, 11) is 1.29. The van der Waals surface area contributed by atoms with Crippen molar-refractivity contribution in [1.82, 2.24) is 0 Å². The molecule has 0 heterocycles. The zero-order valence-corrected chi connectivity index (χ0v) is 17.7. The van der Waals surface area contributed by atoms with Crippen LogP contribution in [0.15, 0.2) is 40.9 Å². The number of primary amides is 1. The fraction of sp³-hybridized carbons (Fsp3) is 0.250. The van der Waals surface area contributed by atoms with Crippen LogP contribution in [0, 0.1) is 5.41 Å². The highest BCUT2D eigenvalue weighted by Crippen LogP contribution is 2.35. The Hall–Kier alpha value is -3.07. The number of esters is 1. The molecule has 0 fully saturated rings. The van der Waals surface area contributed by atoms with Gasteiger partial charge < -0.3 is 26.3 Å². The number of aryl methyl sites for hydroxylation is 1. The molecular formula is C20H23BrN4O4. The van der Waals surface area contributed by atoms with E-state index in [4.69, 9.17) is 26.4 Å². The van der Waals surface area contributed by atoms with Gasteiger partial charge in [0.1, 0.15) is 11.6 Å². The highest BCUT2D eigenvalue weighted by Gasteiger charge is 2.27. The number of carbonyl (C=O) groups is 2. The van der Waals surface area contributed by atoms with Crippen LogP contribution in [0.1, 0.15) is 29.7 Å². The Kier molecular flexibility index (Phi) is 7.60. The van der Waals surface area contributed by atoms with Crippen LogP contribution in [0.4, 0.5) is 5.69 Å². The number of hydrogen-bond acceptors (Lipinski definition) is 6. The van der Waals surface area contributed by atoms with Crippen molar-refractivity contribution in [3.05, 3.63) is 57.6 Å². The third kappa shape index (κ3) is 5.71. The van der Waals surface area contributed by atoms with E-state index >= 15 is 0 Å². The molecule has 0 saturated carbocycles. The molecule has 0 aliphatic carbocycles. The lowest BCUT2D eigenvalue weighted by atomic mass is 10.00. The van der Waals surface area contributed by atoms with E-state index in [1.54, 1.807) is 30.3 Å². The molecule has 0 bridgehead atoms. The number of benzene rings is 2. The molecule has 29 heavy (non-hydrogen) atoms. The quantitative estimate of drug-likeness (QED) is 0.256. The number of hydrogen-bond donors (Lipinski definition) is 4. The maximum Gasteiger partial charge on any atom is 0.333 e. The third-order valence-electron chi connectivity index (χ3n) is 4.15. The Labute approximate surface area is 177 Å². The van der Waals surface area contributed by atoms with Crippen LogP contribution < -0.4 is 21.5 Å². The maximum atomic E-state index is 12.6. The van der Waals surface area contributed by atoms with E-state index in [2.05, 4.69) is 21.2 Å². The van der Waals surface area contributed by atoms with Gasteiger partial charge in [-0.25, -0.2) is 4.79 Å². The normalized spacial score (nSPS) is 11.4. The number of rotatable bonds is 9. The molecule has 8 nitrogen and oxygen atoms in total. The summed E-state index contributed by atoms with van der Waals surface area (Å²) >= 11 is 3.45. The summed E-state index contributed by atoms with van der Waals surface area (Å²) in [6.07, 6.45) is 0.613. The summed E-state index contributed by atoms with van der Waals surface area (Å²) in [6, 6.07) is 9.42. The van der Waals surface area contributed by atoms with Gasteiger partial charge in [-0.2, -0.15) is 0 Å². The molecule has 0 spiro atoms. The van der Waals surface area contributed by atoms with E-state index in [0.717, 1.165) is 10.0 Å². The van der Waals surface area contributed by atoms with Crippen molar-refractivity contribution in [3.8, 4) is 5.75 Å². The van der Waals surface area contributed by atoms with Gasteiger partial charge in [0.05, 0.1) is 7.11 Å². The van der Waals surface area contributed by atoms with Crippen LogP contribution in [0.5, 0.6) is 5.75 Å². The van der Waals surface area contributed by atoms with E-state index in [0.29, 0.717) is 29.0 Å². The van der Waals surface area contributed by atoms with Crippen molar-refractivity contribution in [1.29, 1.82) is 5.41 Å². The number of nitrogens with two attached hydrogens (primary N) is 2. The van der Waals surface area contributed by atoms with Crippen molar-refractivity contribution in [2.75, 3.05) is 19.0 Å². The third-order valence-corrected chi connectivity index (χ3v) is 4.61. The molecule has 0 aromatic heterocycles. The number of nitrogen functional groups attached to an aromatic ring is 1. The molecular weight excluding hydrogens is 440 g/mol. The number of carbonyl (C=O) groups excluding carboxylic acids is 2. The number of nitrogens with one attached hydrogen (secondary N) is 2. The Morgan fingerprint density at radius 3 is 2.38 bits per heavy atom. The number of amidine groups is 1. The molecule has 154 valence electrons. The summed E-state index contributed by atoms with van der Waals surface area (Å²) in [5.41, 5.74) is 13.2. The first kappa shape index (κ1) is 22.2. The van der Waals surface area contributed by atoms with E-state index in [1.165, 1.54) is 7.11 Å². The van der Waals surface area contributed by atoms with Gasteiger partial charge in [0.25, 0.3) is 5.91 Å². The number of halogens is 1. The average Bonchev–Trinajstić information content (AvgIpc) is 2.70. The molecule has 6 N–H and O–H groups in total. The number of anilines is 1. The molecule has 2 aromatic rings. The fourth-order valence-electron chi connectivity index (χ4n) is 2.76. The van der Waals surface area contributed by atoms with Crippen molar-refractivity contribution < 1.29 is 19.1 Å². The predicted molar refractivity (Wildman–Crippen MR) is 114 cm³/mol. The Balaban J connectivity index is 2.50. The van der Waals surface area contributed by atoms with Crippen LogP contribution >= 0.6 is 15.9 Å². The Bertz CT molecular complexity index is 915. The average molecular weight is 463 g/mol. The first-order valence-corrected chi connectivity index (χ1v) is 9.58. The minimum atomic E-state index is -0.908. The van der Waals surface area contributed by atoms with Crippen molar-refractivity contribution in [2.24, 2.45) is 11.5 Å². The molecule has 1 unspecified atom stereocenters. The first-order valence-electron chi connectivity index (χ1n) is 8.79. The van der Waals surface area contributed by atoms with Gasteiger partial charge in [-0.05, 0) is 48.4 Å². The second-order valence-electron chi connectivity index (χ2n) is 6.18. The molecule has 2 rings (SSSR count). The molecule has 9 heteroatoms. The van der Waals surface area contributed by atoms with E-state index in [1.807, 2.05) is 13.0 Å². The highest BCUT2D eigenvalue weighted by molar-refractivity contribution is 9.10. The minimum Gasteiger partial charge on any atom is -0.483 e. The standard InChI is InChI=1S/C20H23BrN4O4/c1-3-11-8-13(21)9-15(18(11)29-10-16(22)26)17(20(27)28-2)25-14-6-4-12(5-7-14)19(23)24/h4-9,17,25H,3,10H2,1-2H3,(H2,22,26)(H3,23,24). The van der Waals surface area contributed by atoms with Crippen LogP contribution in [-0.2, 0) is 20.7 Å². The zero-order valence-electron chi connectivity index (χ0n) is 16.1. The molecule has 1 atom stereocenters. The second-order valence-corrected chi connectivity index (χ2v) is 7.10. The molecule has 0 radical (unpaired) electrons.